The lowest BCUT2D eigenvalue weighted by Crippen LogP contribution is -2.54. The average Bonchev–Trinajstić information content (AvgIpc) is 2.42. The maximum atomic E-state index is 11.8. The van der Waals surface area contributed by atoms with Crippen molar-refractivity contribution in [2.24, 2.45) is 5.92 Å². The highest BCUT2D eigenvalue weighted by Crippen LogP contribution is 2.21. The van der Waals surface area contributed by atoms with Gasteiger partial charge in [-0.05, 0) is 43.5 Å². The van der Waals surface area contributed by atoms with Crippen molar-refractivity contribution >= 4 is 11.7 Å². The maximum Gasteiger partial charge on any atom is 0.242 e. The third kappa shape index (κ3) is 3.94. The first-order valence-electron chi connectivity index (χ1n) is 7.69. The Bertz CT molecular complexity index is 501. The number of aromatic nitrogens is 1. The summed E-state index contributed by atoms with van der Waals surface area (Å²) in [4.78, 5) is 18.4. The number of amides is 1. The number of carbonyl (C=O) groups is 1. The molecule has 0 radical (unpaired) electrons. The molecule has 2 rings (SSSR count). The molecule has 1 aliphatic rings. The van der Waals surface area contributed by atoms with Gasteiger partial charge in [0.25, 0.3) is 0 Å². The quantitative estimate of drug-likeness (QED) is 0.862. The van der Waals surface area contributed by atoms with Crippen LogP contribution in [0.25, 0.3) is 0 Å². The van der Waals surface area contributed by atoms with E-state index in [4.69, 9.17) is 0 Å². The summed E-state index contributed by atoms with van der Waals surface area (Å²) in [5.74, 6) is 1.64. The molecule has 21 heavy (non-hydrogen) atoms. The molecule has 1 saturated heterocycles. The summed E-state index contributed by atoms with van der Waals surface area (Å²) in [6.07, 6.45) is 1.91. The second-order valence-electron chi connectivity index (χ2n) is 6.17. The Balaban J connectivity index is 2.06. The van der Waals surface area contributed by atoms with Gasteiger partial charge in [0.15, 0.2) is 0 Å². The maximum absolute atomic E-state index is 11.8. The molecule has 2 heterocycles. The van der Waals surface area contributed by atoms with Crippen LogP contribution in [0.3, 0.4) is 0 Å². The van der Waals surface area contributed by atoms with E-state index in [1.807, 2.05) is 13.1 Å². The minimum Gasteiger partial charge on any atom is -0.353 e. The lowest BCUT2D eigenvalue weighted by Gasteiger charge is -2.34. The van der Waals surface area contributed by atoms with Crippen molar-refractivity contribution < 1.29 is 4.79 Å². The zero-order valence-electron chi connectivity index (χ0n) is 13.4. The van der Waals surface area contributed by atoms with Crippen LogP contribution < -0.4 is 15.5 Å². The van der Waals surface area contributed by atoms with Crippen molar-refractivity contribution in [2.75, 3.05) is 24.5 Å². The fourth-order valence-electron chi connectivity index (χ4n) is 2.60. The number of rotatable bonds is 5. The first kappa shape index (κ1) is 15.8. The standard InChI is InChI=1S/C16H26N4O/c1-11(2)8-17-9-14-7-12(3)15(19-10-14)20-6-5-18-16(21)13(20)4/h7,10-11,13,17H,5-6,8-9H2,1-4H3,(H,18,21). The zero-order valence-corrected chi connectivity index (χ0v) is 13.4. The van der Waals surface area contributed by atoms with Gasteiger partial charge in [0.2, 0.25) is 5.91 Å². The lowest BCUT2D eigenvalue weighted by atomic mass is 10.1. The number of aryl methyl sites for hydroxylation is 1. The summed E-state index contributed by atoms with van der Waals surface area (Å²) in [6.45, 7) is 11.7. The van der Waals surface area contributed by atoms with Gasteiger partial charge in [0.05, 0.1) is 0 Å². The highest BCUT2D eigenvalue weighted by molar-refractivity contribution is 5.86. The molecule has 1 fully saturated rings. The van der Waals surface area contributed by atoms with Gasteiger partial charge in [-0.25, -0.2) is 4.98 Å². The SMILES string of the molecule is Cc1cc(CNCC(C)C)cnc1N1CCNC(=O)C1C. The van der Waals surface area contributed by atoms with Gasteiger partial charge in [-0.15, -0.1) is 0 Å². The normalized spacial score (nSPS) is 19.0. The van der Waals surface area contributed by atoms with Crippen LogP contribution >= 0.6 is 0 Å². The summed E-state index contributed by atoms with van der Waals surface area (Å²) in [7, 11) is 0. The molecule has 1 amide bonds. The smallest absolute Gasteiger partial charge is 0.242 e. The Kier molecular flexibility index (Phi) is 5.17. The summed E-state index contributed by atoms with van der Waals surface area (Å²) in [6, 6.07) is 2.00. The van der Waals surface area contributed by atoms with Crippen LogP contribution in [-0.4, -0.2) is 36.6 Å². The fraction of sp³-hybridized carbons (Fsp3) is 0.625. The number of piperazine rings is 1. The van der Waals surface area contributed by atoms with E-state index in [-0.39, 0.29) is 11.9 Å². The Labute approximate surface area is 127 Å². The summed E-state index contributed by atoms with van der Waals surface area (Å²) < 4.78 is 0. The molecule has 1 aromatic heterocycles. The molecule has 0 spiro atoms. The van der Waals surface area contributed by atoms with Crippen molar-refractivity contribution in [3.8, 4) is 0 Å². The number of nitrogens with zero attached hydrogens (tertiary/aromatic N) is 2. The largest absolute Gasteiger partial charge is 0.353 e. The number of anilines is 1. The molecule has 0 bridgehead atoms. The van der Waals surface area contributed by atoms with Crippen molar-refractivity contribution in [3.05, 3.63) is 23.4 Å². The van der Waals surface area contributed by atoms with E-state index in [0.717, 1.165) is 31.0 Å². The molecule has 0 saturated carbocycles. The first-order chi connectivity index (χ1) is 9.99. The minimum atomic E-state index is -0.158. The van der Waals surface area contributed by atoms with Crippen LogP contribution in [0.5, 0.6) is 0 Å². The molecule has 1 unspecified atom stereocenters. The molecular formula is C16H26N4O. The number of hydrogen-bond acceptors (Lipinski definition) is 4. The number of hydrogen-bond donors (Lipinski definition) is 2. The minimum absolute atomic E-state index is 0.0742. The molecule has 1 atom stereocenters. The number of nitrogens with one attached hydrogen (secondary N) is 2. The van der Waals surface area contributed by atoms with Crippen LogP contribution in [-0.2, 0) is 11.3 Å². The van der Waals surface area contributed by atoms with E-state index in [1.165, 1.54) is 5.56 Å². The second kappa shape index (κ2) is 6.89. The third-order valence-corrected chi connectivity index (χ3v) is 3.76. The van der Waals surface area contributed by atoms with Crippen LogP contribution in [0, 0.1) is 12.8 Å². The molecule has 1 aliphatic heterocycles. The molecule has 0 aliphatic carbocycles. The van der Waals surface area contributed by atoms with Gasteiger partial charge in [0, 0.05) is 25.8 Å². The summed E-state index contributed by atoms with van der Waals surface area (Å²) in [5.41, 5.74) is 2.31. The van der Waals surface area contributed by atoms with Crippen LogP contribution in [0.4, 0.5) is 5.82 Å². The van der Waals surface area contributed by atoms with Gasteiger partial charge in [-0.3, -0.25) is 4.79 Å². The van der Waals surface area contributed by atoms with Crippen molar-refractivity contribution in [1.29, 1.82) is 0 Å². The van der Waals surface area contributed by atoms with Crippen LogP contribution in [0.1, 0.15) is 31.9 Å². The van der Waals surface area contributed by atoms with Gasteiger partial charge >= 0.3 is 0 Å². The molecule has 5 nitrogen and oxygen atoms in total. The number of carbonyl (C=O) groups excluding carboxylic acids is 1. The Morgan fingerprint density at radius 3 is 2.95 bits per heavy atom. The lowest BCUT2D eigenvalue weighted by molar-refractivity contribution is -0.122. The highest BCUT2D eigenvalue weighted by Gasteiger charge is 2.27. The van der Waals surface area contributed by atoms with Gasteiger partial charge in [0.1, 0.15) is 11.9 Å². The third-order valence-electron chi connectivity index (χ3n) is 3.76. The number of pyridine rings is 1. The van der Waals surface area contributed by atoms with Gasteiger partial charge in [-0.1, -0.05) is 13.8 Å². The predicted molar refractivity (Wildman–Crippen MR) is 85.3 cm³/mol. The van der Waals surface area contributed by atoms with Crippen molar-refractivity contribution in [3.63, 3.8) is 0 Å². The Hall–Kier alpha value is -1.62. The average molecular weight is 290 g/mol. The van der Waals surface area contributed by atoms with E-state index in [0.29, 0.717) is 12.5 Å². The molecular weight excluding hydrogens is 264 g/mol. The van der Waals surface area contributed by atoms with E-state index < -0.39 is 0 Å². The molecule has 2 N–H and O–H groups in total. The Morgan fingerprint density at radius 1 is 1.52 bits per heavy atom. The predicted octanol–water partition coefficient (Wildman–Crippen LogP) is 1.46. The van der Waals surface area contributed by atoms with Crippen molar-refractivity contribution in [2.45, 2.75) is 40.3 Å². The van der Waals surface area contributed by atoms with Crippen molar-refractivity contribution in [1.82, 2.24) is 15.6 Å². The fourth-order valence-corrected chi connectivity index (χ4v) is 2.60. The first-order valence-corrected chi connectivity index (χ1v) is 7.69. The van der Waals surface area contributed by atoms with E-state index in [2.05, 4.69) is 47.4 Å². The molecule has 1 aromatic rings. The van der Waals surface area contributed by atoms with Crippen LogP contribution in [0.2, 0.25) is 0 Å². The molecule has 116 valence electrons. The summed E-state index contributed by atoms with van der Waals surface area (Å²) in [5, 5.41) is 6.31. The summed E-state index contributed by atoms with van der Waals surface area (Å²) >= 11 is 0. The monoisotopic (exact) mass is 290 g/mol. The van der Waals surface area contributed by atoms with Gasteiger partial charge < -0.3 is 15.5 Å². The second-order valence-corrected chi connectivity index (χ2v) is 6.17. The van der Waals surface area contributed by atoms with Gasteiger partial charge in [-0.2, -0.15) is 0 Å². The Morgan fingerprint density at radius 2 is 2.29 bits per heavy atom. The van der Waals surface area contributed by atoms with E-state index in [9.17, 15) is 4.79 Å². The molecule has 5 heteroatoms. The zero-order chi connectivity index (χ0) is 15.4. The van der Waals surface area contributed by atoms with E-state index in [1.54, 1.807) is 0 Å². The van der Waals surface area contributed by atoms with E-state index >= 15 is 0 Å². The highest BCUT2D eigenvalue weighted by atomic mass is 16.2. The molecule has 0 aromatic carbocycles. The topological polar surface area (TPSA) is 57.3 Å². The van der Waals surface area contributed by atoms with Crippen LogP contribution in [0.15, 0.2) is 12.3 Å².